The summed E-state index contributed by atoms with van der Waals surface area (Å²) in [4.78, 5) is 15.0. The number of carbonyl (C=O) groups is 1. The monoisotopic (exact) mass is 217 g/mol. The normalized spacial score (nSPS) is 10.2. The second-order valence-corrected chi connectivity index (χ2v) is 3.20. The molecule has 82 valence electrons. The third-order valence-corrected chi connectivity index (χ3v) is 2.07. The molecule has 0 fully saturated rings. The van der Waals surface area contributed by atoms with Crippen LogP contribution in [0.1, 0.15) is 5.89 Å². The number of oxazole rings is 1. The second-order valence-electron chi connectivity index (χ2n) is 3.20. The van der Waals surface area contributed by atoms with Crippen LogP contribution in [0.3, 0.4) is 0 Å². The first-order valence-electron chi connectivity index (χ1n) is 4.93. The van der Waals surface area contributed by atoms with Gasteiger partial charge in [-0.1, -0.05) is 18.7 Å². The highest BCUT2D eigenvalue weighted by Gasteiger charge is 2.05. The summed E-state index contributed by atoms with van der Waals surface area (Å²) in [6, 6.07) is 7.50. The molecule has 2 aromatic rings. The van der Waals surface area contributed by atoms with Gasteiger partial charge in [0.2, 0.25) is 0 Å². The van der Waals surface area contributed by atoms with Crippen LogP contribution < -0.4 is 0 Å². The summed E-state index contributed by atoms with van der Waals surface area (Å²) >= 11 is 0. The zero-order chi connectivity index (χ0) is 11.4. The van der Waals surface area contributed by atoms with Gasteiger partial charge in [-0.2, -0.15) is 0 Å². The number of rotatable bonds is 4. The zero-order valence-corrected chi connectivity index (χ0v) is 8.68. The average Bonchev–Trinajstić information content (AvgIpc) is 2.71. The Bertz CT molecular complexity index is 483. The lowest BCUT2D eigenvalue weighted by atomic mass is 10.3. The zero-order valence-electron chi connectivity index (χ0n) is 8.68. The Labute approximate surface area is 92.5 Å². The van der Waals surface area contributed by atoms with E-state index < -0.39 is 5.97 Å². The lowest BCUT2D eigenvalue weighted by Crippen LogP contribution is -2.04. The van der Waals surface area contributed by atoms with Crippen LogP contribution in [-0.2, 0) is 16.0 Å². The van der Waals surface area contributed by atoms with Crippen molar-refractivity contribution in [3.8, 4) is 0 Å². The van der Waals surface area contributed by atoms with Gasteiger partial charge in [0, 0.05) is 6.08 Å². The number of carbonyl (C=O) groups excluding carboxylic acids is 1. The third-order valence-electron chi connectivity index (χ3n) is 2.07. The van der Waals surface area contributed by atoms with Crippen LogP contribution in [0.2, 0.25) is 0 Å². The van der Waals surface area contributed by atoms with Gasteiger partial charge in [0.05, 0.1) is 6.42 Å². The van der Waals surface area contributed by atoms with E-state index in [4.69, 9.17) is 9.15 Å². The molecule has 0 spiro atoms. The van der Waals surface area contributed by atoms with Crippen molar-refractivity contribution in [3.05, 3.63) is 42.8 Å². The van der Waals surface area contributed by atoms with Crippen LogP contribution in [0.4, 0.5) is 0 Å². The summed E-state index contributed by atoms with van der Waals surface area (Å²) in [7, 11) is 0. The molecule has 0 saturated carbocycles. The highest BCUT2D eigenvalue weighted by Crippen LogP contribution is 2.14. The molecule has 0 bridgehead atoms. The van der Waals surface area contributed by atoms with E-state index in [9.17, 15) is 4.79 Å². The number of fused-ring (bicyclic) bond motifs is 1. The quantitative estimate of drug-likeness (QED) is 0.581. The molecule has 4 nitrogen and oxygen atoms in total. The first-order valence-corrected chi connectivity index (χ1v) is 4.93. The Morgan fingerprint density at radius 3 is 3.06 bits per heavy atom. The molecule has 1 heterocycles. The van der Waals surface area contributed by atoms with E-state index in [-0.39, 0.29) is 6.61 Å². The molecule has 4 heteroatoms. The van der Waals surface area contributed by atoms with Crippen LogP contribution in [0, 0.1) is 0 Å². The summed E-state index contributed by atoms with van der Waals surface area (Å²) in [6.07, 6.45) is 1.60. The maximum Gasteiger partial charge on any atom is 0.330 e. The van der Waals surface area contributed by atoms with Gasteiger partial charge >= 0.3 is 5.97 Å². The molecular weight excluding hydrogens is 206 g/mol. The Kier molecular flexibility index (Phi) is 3.00. The predicted molar refractivity (Wildman–Crippen MR) is 58.9 cm³/mol. The summed E-state index contributed by atoms with van der Waals surface area (Å²) in [6.45, 7) is 3.56. The highest BCUT2D eigenvalue weighted by molar-refractivity contribution is 5.81. The van der Waals surface area contributed by atoms with E-state index in [1.807, 2.05) is 24.3 Å². The number of nitrogens with zero attached hydrogens (tertiary/aromatic N) is 1. The van der Waals surface area contributed by atoms with Crippen molar-refractivity contribution in [3.63, 3.8) is 0 Å². The van der Waals surface area contributed by atoms with Crippen molar-refractivity contribution >= 4 is 17.1 Å². The molecule has 1 aromatic heterocycles. The summed E-state index contributed by atoms with van der Waals surface area (Å²) in [5.41, 5.74) is 1.56. The molecule has 0 radical (unpaired) electrons. The van der Waals surface area contributed by atoms with Crippen molar-refractivity contribution < 1.29 is 13.9 Å². The number of esters is 1. The van der Waals surface area contributed by atoms with E-state index in [1.54, 1.807) is 0 Å². The summed E-state index contributed by atoms with van der Waals surface area (Å²) in [5.74, 6) is 0.133. The Morgan fingerprint density at radius 2 is 2.31 bits per heavy atom. The van der Waals surface area contributed by atoms with Crippen molar-refractivity contribution in [1.82, 2.24) is 4.98 Å². The molecule has 0 N–H and O–H groups in total. The van der Waals surface area contributed by atoms with Gasteiger partial charge in [0.25, 0.3) is 0 Å². The SMILES string of the molecule is C=CC(=O)OCCc1nc2ccccc2o1. The third kappa shape index (κ3) is 2.28. The molecule has 1 aromatic carbocycles. The fraction of sp³-hybridized carbons (Fsp3) is 0.167. The molecule has 0 aliphatic carbocycles. The maximum atomic E-state index is 10.8. The summed E-state index contributed by atoms with van der Waals surface area (Å²) < 4.78 is 10.3. The van der Waals surface area contributed by atoms with E-state index in [2.05, 4.69) is 11.6 Å². The number of aromatic nitrogens is 1. The summed E-state index contributed by atoms with van der Waals surface area (Å²) in [5, 5.41) is 0. The largest absolute Gasteiger partial charge is 0.462 e. The molecule has 2 rings (SSSR count). The Morgan fingerprint density at radius 1 is 1.50 bits per heavy atom. The van der Waals surface area contributed by atoms with Gasteiger partial charge in [0.1, 0.15) is 12.1 Å². The van der Waals surface area contributed by atoms with Crippen molar-refractivity contribution in [2.75, 3.05) is 6.61 Å². The molecule has 0 saturated heterocycles. The lowest BCUT2D eigenvalue weighted by molar-refractivity contribution is -0.137. The molecule has 0 unspecified atom stereocenters. The average molecular weight is 217 g/mol. The first kappa shape index (κ1) is 10.4. The van der Waals surface area contributed by atoms with E-state index in [0.29, 0.717) is 12.3 Å². The minimum Gasteiger partial charge on any atom is -0.462 e. The standard InChI is InChI=1S/C12H11NO3/c1-2-12(14)15-8-7-11-13-9-5-3-4-6-10(9)16-11/h2-6H,1,7-8H2. The topological polar surface area (TPSA) is 52.3 Å². The van der Waals surface area contributed by atoms with E-state index in [1.165, 1.54) is 0 Å². The van der Waals surface area contributed by atoms with Crippen LogP contribution >= 0.6 is 0 Å². The van der Waals surface area contributed by atoms with E-state index in [0.717, 1.165) is 17.2 Å². The lowest BCUT2D eigenvalue weighted by Gasteiger charge is -1.97. The minimum atomic E-state index is -0.434. The number of ether oxygens (including phenoxy) is 1. The van der Waals surface area contributed by atoms with Gasteiger partial charge in [-0.3, -0.25) is 0 Å². The van der Waals surface area contributed by atoms with Crippen LogP contribution in [-0.4, -0.2) is 17.6 Å². The molecule has 16 heavy (non-hydrogen) atoms. The van der Waals surface area contributed by atoms with Crippen molar-refractivity contribution in [2.45, 2.75) is 6.42 Å². The highest BCUT2D eigenvalue weighted by atomic mass is 16.5. The van der Waals surface area contributed by atoms with Gasteiger partial charge < -0.3 is 9.15 Å². The van der Waals surface area contributed by atoms with Crippen molar-refractivity contribution in [1.29, 1.82) is 0 Å². The molecule has 0 atom stereocenters. The molecule has 0 aliphatic heterocycles. The van der Waals surface area contributed by atoms with Gasteiger partial charge in [-0.15, -0.1) is 0 Å². The maximum absolute atomic E-state index is 10.8. The Hall–Kier alpha value is -2.10. The smallest absolute Gasteiger partial charge is 0.330 e. The number of hydrogen-bond donors (Lipinski definition) is 0. The second kappa shape index (κ2) is 4.61. The van der Waals surface area contributed by atoms with Crippen LogP contribution in [0.15, 0.2) is 41.3 Å². The first-order chi connectivity index (χ1) is 7.79. The number of hydrogen-bond acceptors (Lipinski definition) is 4. The minimum absolute atomic E-state index is 0.248. The number of benzene rings is 1. The molecular formula is C12H11NO3. The van der Waals surface area contributed by atoms with Gasteiger partial charge in [-0.25, -0.2) is 9.78 Å². The van der Waals surface area contributed by atoms with Crippen molar-refractivity contribution in [2.24, 2.45) is 0 Å². The Balaban J connectivity index is 1.99. The fourth-order valence-electron chi connectivity index (χ4n) is 1.32. The van der Waals surface area contributed by atoms with Crippen LogP contribution in [0.25, 0.3) is 11.1 Å². The molecule has 0 amide bonds. The fourth-order valence-corrected chi connectivity index (χ4v) is 1.32. The molecule has 0 aliphatic rings. The predicted octanol–water partition coefficient (Wildman–Crippen LogP) is 2.10. The number of para-hydroxylation sites is 2. The van der Waals surface area contributed by atoms with Gasteiger partial charge in [0.15, 0.2) is 11.5 Å². The van der Waals surface area contributed by atoms with E-state index >= 15 is 0 Å². The van der Waals surface area contributed by atoms with Gasteiger partial charge in [-0.05, 0) is 12.1 Å². The van der Waals surface area contributed by atoms with Crippen LogP contribution in [0.5, 0.6) is 0 Å².